The highest BCUT2D eigenvalue weighted by Crippen LogP contribution is 2.31. The molecule has 0 aliphatic carbocycles. The Bertz CT molecular complexity index is 765. The Hall–Kier alpha value is -2.69. The van der Waals surface area contributed by atoms with Crippen LogP contribution in [0.25, 0.3) is 22.4 Å². The van der Waals surface area contributed by atoms with Crippen molar-refractivity contribution in [3.8, 4) is 22.9 Å². The lowest BCUT2D eigenvalue weighted by Crippen LogP contribution is -1.92. The number of methoxy groups -OCH3 is 2. The van der Waals surface area contributed by atoms with Crippen molar-refractivity contribution in [1.82, 2.24) is 9.97 Å². The third-order valence-corrected chi connectivity index (χ3v) is 3.17. The summed E-state index contributed by atoms with van der Waals surface area (Å²) >= 11 is 0. The van der Waals surface area contributed by atoms with Gasteiger partial charge in [0.2, 0.25) is 0 Å². The number of benzene rings is 2. The number of imidazole rings is 1. The van der Waals surface area contributed by atoms with Gasteiger partial charge in [0, 0.05) is 17.8 Å². The van der Waals surface area contributed by atoms with E-state index in [9.17, 15) is 0 Å². The number of hydrogen-bond acceptors (Lipinski definition) is 4. The van der Waals surface area contributed by atoms with E-state index in [0.717, 1.165) is 28.2 Å². The van der Waals surface area contributed by atoms with E-state index in [1.807, 2.05) is 30.3 Å². The van der Waals surface area contributed by atoms with Crippen LogP contribution in [-0.2, 0) is 0 Å². The van der Waals surface area contributed by atoms with Crippen LogP contribution < -0.4 is 15.2 Å². The molecule has 2 aromatic carbocycles. The van der Waals surface area contributed by atoms with Crippen LogP contribution in [0.2, 0.25) is 0 Å². The fraction of sp³-hybridized carbons (Fsp3) is 0.133. The molecule has 0 radical (unpaired) electrons. The van der Waals surface area contributed by atoms with Crippen LogP contribution >= 0.6 is 0 Å². The van der Waals surface area contributed by atoms with E-state index in [1.54, 1.807) is 20.3 Å². The number of rotatable bonds is 3. The van der Waals surface area contributed by atoms with Gasteiger partial charge >= 0.3 is 0 Å². The SMILES string of the molecule is COc1ccc2nc(-c3ccc(N)cc3OC)[nH]c2c1. The summed E-state index contributed by atoms with van der Waals surface area (Å²) in [4.78, 5) is 7.83. The van der Waals surface area contributed by atoms with Crippen LogP contribution in [0.5, 0.6) is 11.5 Å². The standard InChI is InChI=1S/C15H15N3O2/c1-19-10-4-6-12-13(8-10)18-15(17-12)11-5-3-9(16)7-14(11)20-2/h3-8H,16H2,1-2H3,(H,17,18). The molecule has 3 N–H and O–H groups in total. The van der Waals surface area contributed by atoms with Gasteiger partial charge in [0.05, 0.1) is 30.8 Å². The molecular weight excluding hydrogens is 254 g/mol. The molecule has 20 heavy (non-hydrogen) atoms. The molecule has 5 heteroatoms. The van der Waals surface area contributed by atoms with Gasteiger partial charge in [-0.2, -0.15) is 0 Å². The molecule has 0 aliphatic heterocycles. The molecule has 1 aromatic heterocycles. The van der Waals surface area contributed by atoms with Crippen molar-refractivity contribution in [3.63, 3.8) is 0 Å². The first kappa shape index (κ1) is 12.3. The number of anilines is 1. The number of H-pyrrole nitrogens is 1. The number of nitrogens with two attached hydrogens (primary N) is 1. The molecule has 0 fully saturated rings. The molecule has 0 amide bonds. The number of fused-ring (bicyclic) bond motifs is 1. The molecular formula is C15H15N3O2. The maximum Gasteiger partial charge on any atom is 0.142 e. The highest BCUT2D eigenvalue weighted by molar-refractivity contribution is 5.82. The Balaban J connectivity index is 2.14. The molecule has 5 nitrogen and oxygen atoms in total. The van der Waals surface area contributed by atoms with Gasteiger partial charge in [0.25, 0.3) is 0 Å². The number of aromatic amines is 1. The van der Waals surface area contributed by atoms with E-state index in [0.29, 0.717) is 11.4 Å². The summed E-state index contributed by atoms with van der Waals surface area (Å²) in [5.41, 5.74) is 9.08. The summed E-state index contributed by atoms with van der Waals surface area (Å²) in [6.07, 6.45) is 0. The molecule has 102 valence electrons. The number of ether oxygens (including phenoxy) is 2. The molecule has 1 heterocycles. The summed E-state index contributed by atoms with van der Waals surface area (Å²) in [6.45, 7) is 0. The van der Waals surface area contributed by atoms with Gasteiger partial charge in [-0.15, -0.1) is 0 Å². The van der Waals surface area contributed by atoms with Crippen LogP contribution in [0.3, 0.4) is 0 Å². The second kappa shape index (κ2) is 4.77. The first-order valence-corrected chi connectivity index (χ1v) is 6.19. The molecule has 3 aromatic rings. The van der Waals surface area contributed by atoms with Crippen molar-refractivity contribution in [2.24, 2.45) is 0 Å². The van der Waals surface area contributed by atoms with Crippen LogP contribution in [-0.4, -0.2) is 24.2 Å². The third kappa shape index (κ3) is 2.03. The summed E-state index contributed by atoms with van der Waals surface area (Å²) in [5.74, 6) is 2.22. The smallest absolute Gasteiger partial charge is 0.142 e. The Labute approximate surface area is 116 Å². The van der Waals surface area contributed by atoms with Crippen LogP contribution in [0.1, 0.15) is 0 Å². The monoisotopic (exact) mass is 269 g/mol. The maximum atomic E-state index is 5.77. The lowest BCUT2D eigenvalue weighted by atomic mass is 10.1. The van der Waals surface area contributed by atoms with E-state index in [2.05, 4.69) is 9.97 Å². The number of aromatic nitrogens is 2. The van der Waals surface area contributed by atoms with E-state index in [1.165, 1.54) is 0 Å². The Morgan fingerprint density at radius 1 is 1.05 bits per heavy atom. The van der Waals surface area contributed by atoms with E-state index >= 15 is 0 Å². The van der Waals surface area contributed by atoms with Crippen LogP contribution in [0.4, 0.5) is 5.69 Å². The third-order valence-electron chi connectivity index (χ3n) is 3.17. The van der Waals surface area contributed by atoms with E-state index in [4.69, 9.17) is 15.2 Å². The topological polar surface area (TPSA) is 73.2 Å². The fourth-order valence-corrected chi connectivity index (χ4v) is 2.15. The van der Waals surface area contributed by atoms with Gasteiger partial charge in [-0.05, 0) is 24.3 Å². The molecule has 0 aliphatic rings. The second-order valence-corrected chi connectivity index (χ2v) is 4.43. The van der Waals surface area contributed by atoms with Gasteiger partial charge in [-0.3, -0.25) is 0 Å². The van der Waals surface area contributed by atoms with Crippen molar-refractivity contribution in [3.05, 3.63) is 36.4 Å². The number of hydrogen-bond donors (Lipinski definition) is 2. The van der Waals surface area contributed by atoms with E-state index in [-0.39, 0.29) is 0 Å². The first-order valence-electron chi connectivity index (χ1n) is 6.19. The summed E-state index contributed by atoms with van der Waals surface area (Å²) in [5, 5.41) is 0. The summed E-state index contributed by atoms with van der Waals surface area (Å²) < 4.78 is 10.6. The second-order valence-electron chi connectivity index (χ2n) is 4.43. The quantitative estimate of drug-likeness (QED) is 0.717. The largest absolute Gasteiger partial charge is 0.497 e. The van der Waals surface area contributed by atoms with Crippen molar-refractivity contribution < 1.29 is 9.47 Å². The summed E-state index contributed by atoms with van der Waals surface area (Å²) in [7, 11) is 3.26. The molecule has 0 unspecified atom stereocenters. The normalized spacial score (nSPS) is 10.7. The average Bonchev–Trinajstić information content (AvgIpc) is 2.89. The predicted octanol–water partition coefficient (Wildman–Crippen LogP) is 2.83. The van der Waals surface area contributed by atoms with Gasteiger partial charge in [0.15, 0.2) is 0 Å². The lowest BCUT2D eigenvalue weighted by molar-refractivity contribution is 0.415. The van der Waals surface area contributed by atoms with Gasteiger partial charge in [0.1, 0.15) is 17.3 Å². The first-order chi connectivity index (χ1) is 9.71. The van der Waals surface area contributed by atoms with Crippen molar-refractivity contribution in [2.75, 3.05) is 20.0 Å². The zero-order valence-corrected chi connectivity index (χ0v) is 11.3. The molecule has 0 saturated carbocycles. The molecule has 3 rings (SSSR count). The Kier molecular flexibility index (Phi) is 2.95. The minimum Gasteiger partial charge on any atom is -0.497 e. The molecule has 0 spiro atoms. The maximum absolute atomic E-state index is 5.77. The highest BCUT2D eigenvalue weighted by atomic mass is 16.5. The van der Waals surface area contributed by atoms with E-state index < -0.39 is 0 Å². The average molecular weight is 269 g/mol. The zero-order valence-electron chi connectivity index (χ0n) is 11.3. The number of nitrogens with zero attached hydrogens (tertiary/aromatic N) is 1. The lowest BCUT2D eigenvalue weighted by Gasteiger charge is -2.06. The molecule has 0 bridgehead atoms. The van der Waals surface area contributed by atoms with Gasteiger partial charge in [-0.25, -0.2) is 4.98 Å². The van der Waals surface area contributed by atoms with Gasteiger partial charge < -0.3 is 20.2 Å². The highest BCUT2D eigenvalue weighted by Gasteiger charge is 2.11. The molecule has 0 saturated heterocycles. The molecule has 0 atom stereocenters. The fourth-order valence-electron chi connectivity index (χ4n) is 2.15. The minimum atomic E-state index is 0.656. The van der Waals surface area contributed by atoms with Crippen molar-refractivity contribution in [1.29, 1.82) is 0 Å². The summed E-state index contributed by atoms with van der Waals surface area (Å²) in [6, 6.07) is 11.2. The number of nitrogen functional groups attached to an aromatic ring is 1. The Morgan fingerprint density at radius 2 is 1.90 bits per heavy atom. The predicted molar refractivity (Wildman–Crippen MR) is 79.0 cm³/mol. The minimum absolute atomic E-state index is 0.656. The van der Waals surface area contributed by atoms with Crippen LogP contribution in [0, 0.1) is 0 Å². The van der Waals surface area contributed by atoms with Crippen molar-refractivity contribution in [2.45, 2.75) is 0 Å². The zero-order chi connectivity index (χ0) is 14.1. The van der Waals surface area contributed by atoms with Crippen molar-refractivity contribution >= 4 is 16.7 Å². The Morgan fingerprint density at radius 3 is 2.65 bits per heavy atom. The van der Waals surface area contributed by atoms with Gasteiger partial charge in [-0.1, -0.05) is 0 Å². The van der Waals surface area contributed by atoms with Crippen LogP contribution in [0.15, 0.2) is 36.4 Å². The number of nitrogens with one attached hydrogen (secondary N) is 1.